The summed E-state index contributed by atoms with van der Waals surface area (Å²) in [5.74, 6) is -0.0279. The first-order valence-corrected chi connectivity index (χ1v) is 6.43. The van der Waals surface area contributed by atoms with Crippen molar-refractivity contribution in [3.8, 4) is 10.6 Å². The summed E-state index contributed by atoms with van der Waals surface area (Å²) in [6, 6.07) is 9.57. The van der Waals surface area contributed by atoms with Crippen LogP contribution in [0.2, 0.25) is 0 Å². The van der Waals surface area contributed by atoms with Crippen LogP contribution >= 0.6 is 11.3 Å². The monoisotopic (exact) mass is 240 g/mol. The summed E-state index contributed by atoms with van der Waals surface area (Å²) in [6.07, 6.45) is 0. The van der Waals surface area contributed by atoms with E-state index in [1.807, 2.05) is 30.3 Å². The molecule has 0 saturated heterocycles. The van der Waals surface area contributed by atoms with Gasteiger partial charge in [0.15, 0.2) is 0 Å². The normalized spacial score (nSPS) is 10.7. The van der Waals surface area contributed by atoms with Gasteiger partial charge in [0.1, 0.15) is 26.5 Å². The van der Waals surface area contributed by atoms with Gasteiger partial charge in [-0.1, -0.05) is 41.7 Å². The Morgan fingerprint density at radius 3 is 2.53 bits per heavy atom. The van der Waals surface area contributed by atoms with Gasteiger partial charge in [-0.3, -0.25) is 0 Å². The minimum atomic E-state index is -2.42. The van der Waals surface area contributed by atoms with Crippen LogP contribution in [0, 0.1) is 0 Å². The zero-order valence-corrected chi connectivity index (χ0v) is 9.37. The number of rotatable bonds is 3. The van der Waals surface area contributed by atoms with Gasteiger partial charge < -0.3 is 0 Å². The van der Waals surface area contributed by atoms with Gasteiger partial charge >= 0.3 is 0 Å². The molecular weight excluding hydrogens is 232 g/mol. The van der Waals surface area contributed by atoms with Crippen molar-refractivity contribution in [2.45, 2.75) is 5.75 Å². The van der Waals surface area contributed by atoms with Crippen molar-refractivity contribution >= 4 is 22.0 Å². The Labute approximate surface area is 92.6 Å². The topological polar surface area (TPSA) is 59.9 Å². The first-order valence-electron chi connectivity index (χ1n) is 4.25. The molecule has 0 aliphatic rings. The number of hydrogen-bond acceptors (Lipinski definition) is 5. The highest BCUT2D eigenvalue weighted by molar-refractivity contribution is 7.71. The quantitative estimate of drug-likeness (QED) is 0.822. The van der Waals surface area contributed by atoms with Crippen molar-refractivity contribution in [1.82, 2.24) is 10.2 Å². The molecule has 0 unspecified atom stereocenters. The van der Waals surface area contributed by atoms with Gasteiger partial charge in [0, 0.05) is 5.56 Å². The van der Waals surface area contributed by atoms with Crippen LogP contribution in [0.3, 0.4) is 0 Å². The lowest BCUT2D eigenvalue weighted by Crippen LogP contribution is -1.84. The second-order valence-corrected chi connectivity index (χ2v) is 4.90. The number of nitrogens with zero attached hydrogens (tertiary/aromatic N) is 2. The second kappa shape index (κ2) is 4.50. The maximum atomic E-state index is 10.5. The Morgan fingerprint density at radius 2 is 1.87 bits per heavy atom. The van der Waals surface area contributed by atoms with Crippen LogP contribution in [-0.4, -0.2) is 18.6 Å². The lowest BCUT2D eigenvalue weighted by molar-refractivity contribution is 0.613. The Kier molecular flexibility index (Phi) is 3.08. The van der Waals surface area contributed by atoms with Crippen LogP contribution in [0.1, 0.15) is 5.01 Å². The van der Waals surface area contributed by atoms with Gasteiger partial charge in [-0.15, -0.1) is 10.2 Å². The van der Waals surface area contributed by atoms with E-state index in [2.05, 4.69) is 10.2 Å². The molecule has 6 heteroatoms. The second-order valence-electron chi connectivity index (χ2n) is 2.86. The van der Waals surface area contributed by atoms with E-state index < -0.39 is 10.7 Å². The van der Waals surface area contributed by atoms with Gasteiger partial charge in [0.05, 0.1) is 0 Å². The molecule has 0 bridgehead atoms. The van der Waals surface area contributed by atoms with Crippen molar-refractivity contribution in [3.05, 3.63) is 35.3 Å². The molecular formula is C9H8N2O2S2. The fourth-order valence-corrected chi connectivity index (χ4v) is 2.62. The molecule has 1 heterocycles. The molecule has 0 saturated carbocycles. The van der Waals surface area contributed by atoms with E-state index in [-0.39, 0.29) is 5.75 Å². The van der Waals surface area contributed by atoms with Gasteiger partial charge in [0.2, 0.25) is 0 Å². The Hall–Kier alpha value is -1.27. The van der Waals surface area contributed by atoms with E-state index in [0.717, 1.165) is 10.6 Å². The molecule has 15 heavy (non-hydrogen) atoms. The SMILES string of the molecule is O=[SH](=O)Cc1nnc(-c2ccccc2)s1. The fourth-order valence-electron chi connectivity index (χ4n) is 1.13. The standard InChI is InChI=1S/C9H8N2O2S2/c12-15(13)6-8-10-11-9(14-8)7-4-2-1-3-5-7/h1-5,15H,6H2. The first kappa shape index (κ1) is 10.3. The Balaban J connectivity index is 2.28. The van der Waals surface area contributed by atoms with Gasteiger partial charge in [-0.05, 0) is 0 Å². The van der Waals surface area contributed by atoms with E-state index in [9.17, 15) is 8.42 Å². The third-order valence-electron chi connectivity index (χ3n) is 1.75. The maximum absolute atomic E-state index is 10.5. The molecule has 0 aliphatic heterocycles. The molecule has 0 fully saturated rings. The predicted octanol–water partition coefficient (Wildman–Crippen LogP) is 1.32. The molecule has 0 N–H and O–H groups in total. The summed E-state index contributed by atoms with van der Waals surface area (Å²) in [4.78, 5) is 0. The molecule has 0 radical (unpaired) electrons. The van der Waals surface area contributed by atoms with Crippen molar-refractivity contribution in [1.29, 1.82) is 0 Å². The van der Waals surface area contributed by atoms with E-state index in [4.69, 9.17) is 0 Å². The summed E-state index contributed by atoms with van der Waals surface area (Å²) in [6.45, 7) is 0. The fraction of sp³-hybridized carbons (Fsp3) is 0.111. The number of thiol groups is 1. The average Bonchev–Trinajstić information content (AvgIpc) is 2.67. The zero-order valence-electron chi connectivity index (χ0n) is 7.66. The van der Waals surface area contributed by atoms with Crippen LogP contribution < -0.4 is 0 Å². The molecule has 4 nitrogen and oxygen atoms in total. The Morgan fingerprint density at radius 1 is 1.13 bits per heavy atom. The molecule has 0 atom stereocenters. The summed E-state index contributed by atoms with van der Waals surface area (Å²) in [7, 11) is -2.42. The molecule has 1 aromatic carbocycles. The van der Waals surface area contributed by atoms with Crippen molar-refractivity contribution in [2.24, 2.45) is 0 Å². The number of hydrogen-bond donors (Lipinski definition) is 1. The molecule has 2 aromatic rings. The zero-order chi connectivity index (χ0) is 10.7. The summed E-state index contributed by atoms with van der Waals surface area (Å²) < 4.78 is 21.0. The summed E-state index contributed by atoms with van der Waals surface area (Å²) >= 11 is 1.31. The van der Waals surface area contributed by atoms with Gasteiger partial charge in [0.25, 0.3) is 0 Å². The highest BCUT2D eigenvalue weighted by Gasteiger charge is 2.06. The highest BCUT2D eigenvalue weighted by atomic mass is 32.2. The molecule has 2 rings (SSSR count). The van der Waals surface area contributed by atoms with Crippen LogP contribution in [0.15, 0.2) is 30.3 Å². The third kappa shape index (κ3) is 2.60. The lowest BCUT2D eigenvalue weighted by Gasteiger charge is -1.91. The van der Waals surface area contributed by atoms with Crippen LogP contribution in [0.4, 0.5) is 0 Å². The van der Waals surface area contributed by atoms with Crippen molar-refractivity contribution < 1.29 is 8.42 Å². The smallest absolute Gasteiger partial charge is 0.147 e. The summed E-state index contributed by atoms with van der Waals surface area (Å²) in [5, 5.41) is 9.04. The van der Waals surface area contributed by atoms with Gasteiger partial charge in [-0.2, -0.15) is 0 Å². The minimum Gasteiger partial charge on any atom is -0.231 e. The third-order valence-corrected chi connectivity index (χ3v) is 3.50. The van der Waals surface area contributed by atoms with E-state index in [0.29, 0.717) is 5.01 Å². The number of aromatic nitrogens is 2. The van der Waals surface area contributed by atoms with Crippen LogP contribution in [0.25, 0.3) is 10.6 Å². The number of benzene rings is 1. The van der Waals surface area contributed by atoms with E-state index in [1.165, 1.54) is 11.3 Å². The minimum absolute atomic E-state index is 0.0279. The van der Waals surface area contributed by atoms with Gasteiger partial charge in [-0.25, -0.2) is 8.42 Å². The van der Waals surface area contributed by atoms with E-state index >= 15 is 0 Å². The lowest BCUT2D eigenvalue weighted by atomic mass is 10.2. The maximum Gasteiger partial charge on any atom is 0.147 e. The van der Waals surface area contributed by atoms with Crippen LogP contribution in [-0.2, 0) is 16.5 Å². The largest absolute Gasteiger partial charge is 0.231 e. The summed E-state index contributed by atoms with van der Waals surface area (Å²) in [5.41, 5.74) is 0.961. The molecule has 1 aromatic heterocycles. The molecule has 0 amide bonds. The van der Waals surface area contributed by atoms with Crippen molar-refractivity contribution in [3.63, 3.8) is 0 Å². The predicted molar refractivity (Wildman–Crippen MR) is 59.4 cm³/mol. The van der Waals surface area contributed by atoms with E-state index in [1.54, 1.807) is 0 Å². The molecule has 0 spiro atoms. The molecule has 78 valence electrons. The average molecular weight is 240 g/mol. The first-order chi connectivity index (χ1) is 7.25. The van der Waals surface area contributed by atoms with Crippen molar-refractivity contribution in [2.75, 3.05) is 0 Å². The highest BCUT2D eigenvalue weighted by Crippen LogP contribution is 2.23. The molecule has 0 aliphatic carbocycles. The Bertz CT molecular complexity index is 512. The van der Waals surface area contributed by atoms with Crippen LogP contribution in [0.5, 0.6) is 0 Å².